The number of hydrogen-bond acceptors (Lipinski definition) is 6. The quantitative estimate of drug-likeness (QED) is 0.600. The smallest absolute Gasteiger partial charge is 0.309 e. The lowest BCUT2D eigenvalue weighted by atomic mass is 9.98. The van der Waals surface area contributed by atoms with Gasteiger partial charge in [0.15, 0.2) is 6.61 Å². The van der Waals surface area contributed by atoms with Gasteiger partial charge in [0.1, 0.15) is 5.75 Å². The zero-order chi connectivity index (χ0) is 23.4. The molecule has 2 aliphatic rings. The number of fused-ring (bicyclic) bond motifs is 1. The Morgan fingerprint density at radius 1 is 1.00 bits per heavy atom. The molecular formula is C24H28N2O6S. The number of sulfonamides is 1. The van der Waals surface area contributed by atoms with Crippen molar-refractivity contribution in [1.29, 1.82) is 0 Å². The van der Waals surface area contributed by atoms with Gasteiger partial charge in [-0.2, -0.15) is 4.31 Å². The SMILES string of the molecule is COc1ccc(S(=O)(=O)N2CCC(C(=O)OCC(=O)N3CCCc4ccccc43)CC2)cc1. The van der Waals surface area contributed by atoms with Crippen molar-refractivity contribution in [2.75, 3.05) is 38.3 Å². The lowest BCUT2D eigenvalue weighted by molar-refractivity contribution is -0.153. The minimum absolute atomic E-state index is 0.191. The van der Waals surface area contributed by atoms with Gasteiger partial charge >= 0.3 is 5.97 Å². The Labute approximate surface area is 194 Å². The van der Waals surface area contributed by atoms with Gasteiger partial charge in [-0.3, -0.25) is 9.59 Å². The molecule has 1 amide bonds. The number of aryl methyl sites for hydroxylation is 1. The standard InChI is InChI=1S/C24H28N2O6S/c1-31-20-8-10-21(11-9-20)33(29,30)25-15-12-19(13-16-25)24(28)32-17-23(27)26-14-4-6-18-5-2-3-7-22(18)26/h2-3,5,7-11,19H,4,6,12-17H2,1H3. The van der Waals surface area contributed by atoms with Crippen LogP contribution in [0.3, 0.4) is 0 Å². The first-order valence-electron chi connectivity index (χ1n) is 11.1. The minimum atomic E-state index is -3.64. The van der Waals surface area contributed by atoms with Crippen LogP contribution in [0.2, 0.25) is 0 Å². The molecule has 2 heterocycles. The highest BCUT2D eigenvalue weighted by Gasteiger charge is 2.33. The maximum absolute atomic E-state index is 12.9. The minimum Gasteiger partial charge on any atom is -0.497 e. The maximum Gasteiger partial charge on any atom is 0.309 e. The molecule has 4 rings (SSSR count). The highest BCUT2D eigenvalue weighted by atomic mass is 32.2. The van der Waals surface area contributed by atoms with E-state index in [0.29, 0.717) is 25.1 Å². The first kappa shape index (κ1) is 23.3. The molecule has 176 valence electrons. The van der Waals surface area contributed by atoms with E-state index in [1.807, 2.05) is 24.3 Å². The van der Waals surface area contributed by atoms with E-state index in [2.05, 4.69) is 0 Å². The van der Waals surface area contributed by atoms with Crippen molar-refractivity contribution < 1.29 is 27.5 Å². The monoisotopic (exact) mass is 472 g/mol. The molecule has 1 fully saturated rings. The molecule has 9 heteroatoms. The molecule has 0 aliphatic carbocycles. The molecule has 33 heavy (non-hydrogen) atoms. The number of nitrogens with zero attached hydrogens (tertiary/aromatic N) is 2. The maximum atomic E-state index is 12.9. The number of carbonyl (C=O) groups excluding carboxylic acids is 2. The van der Waals surface area contributed by atoms with Gasteiger partial charge in [-0.1, -0.05) is 18.2 Å². The number of esters is 1. The largest absolute Gasteiger partial charge is 0.497 e. The third-order valence-electron chi connectivity index (χ3n) is 6.23. The number of para-hydroxylation sites is 1. The zero-order valence-electron chi connectivity index (χ0n) is 18.6. The van der Waals surface area contributed by atoms with Gasteiger partial charge in [0.05, 0.1) is 17.9 Å². The molecule has 0 spiro atoms. The molecule has 0 atom stereocenters. The lowest BCUT2D eigenvalue weighted by Crippen LogP contribution is -2.42. The number of carbonyl (C=O) groups is 2. The van der Waals surface area contributed by atoms with Crippen LogP contribution in [0.25, 0.3) is 0 Å². The Balaban J connectivity index is 1.29. The molecule has 1 saturated heterocycles. The fraction of sp³-hybridized carbons (Fsp3) is 0.417. The van der Waals surface area contributed by atoms with Gasteiger partial charge in [0.2, 0.25) is 10.0 Å². The zero-order valence-corrected chi connectivity index (χ0v) is 19.4. The molecule has 0 aromatic heterocycles. The first-order chi connectivity index (χ1) is 15.9. The van der Waals surface area contributed by atoms with Crippen molar-refractivity contribution in [3.8, 4) is 5.75 Å². The van der Waals surface area contributed by atoms with Crippen molar-refractivity contribution >= 4 is 27.6 Å². The van der Waals surface area contributed by atoms with Crippen molar-refractivity contribution in [1.82, 2.24) is 4.31 Å². The van der Waals surface area contributed by atoms with Gasteiger partial charge in [-0.15, -0.1) is 0 Å². The predicted molar refractivity (Wildman–Crippen MR) is 123 cm³/mol. The number of benzene rings is 2. The summed E-state index contributed by atoms with van der Waals surface area (Å²) >= 11 is 0. The van der Waals surface area contributed by atoms with Crippen molar-refractivity contribution in [2.24, 2.45) is 5.92 Å². The van der Waals surface area contributed by atoms with Gasteiger partial charge in [-0.25, -0.2) is 8.42 Å². The number of methoxy groups -OCH3 is 1. The van der Waals surface area contributed by atoms with Crippen LogP contribution in [0.4, 0.5) is 5.69 Å². The highest BCUT2D eigenvalue weighted by Crippen LogP contribution is 2.28. The Hall–Kier alpha value is -2.91. The molecule has 2 aliphatic heterocycles. The van der Waals surface area contributed by atoms with Crippen molar-refractivity contribution in [3.05, 3.63) is 54.1 Å². The van der Waals surface area contributed by atoms with Crippen molar-refractivity contribution in [3.63, 3.8) is 0 Å². The van der Waals surface area contributed by atoms with Crippen LogP contribution in [0.1, 0.15) is 24.8 Å². The van der Waals surface area contributed by atoms with Crippen LogP contribution < -0.4 is 9.64 Å². The normalized spacial score (nSPS) is 17.3. The predicted octanol–water partition coefficient (Wildman–Crippen LogP) is 2.62. The Morgan fingerprint density at radius 2 is 1.70 bits per heavy atom. The second-order valence-electron chi connectivity index (χ2n) is 8.24. The van der Waals surface area contributed by atoms with Gasteiger partial charge in [0, 0.05) is 25.3 Å². The van der Waals surface area contributed by atoms with Crippen LogP contribution in [-0.4, -0.2) is 58.0 Å². The van der Waals surface area contributed by atoms with Gasteiger partial charge in [-0.05, 0) is 61.6 Å². The van der Waals surface area contributed by atoms with Crippen LogP contribution >= 0.6 is 0 Å². The van der Waals surface area contributed by atoms with E-state index in [1.54, 1.807) is 17.0 Å². The van der Waals surface area contributed by atoms with E-state index in [-0.39, 0.29) is 30.5 Å². The molecule has 2 aromatic rings. The van der Waals surface area contributed by atoms with Crippen molar-refractivity contribution in [2.45, 2.75) is 30.6 Å². The fourth-order valence-electron chi connectivity index (χ4n) is 4.35. The van der Waals surface area contributed by atoms with E-state index in [0.717, 1.165) is 24.1 Å². The molecule has 0 saturated carbocycles. The second kappa shape index (κ2) is 9.93. The summed E-state index contributed by atoms with van der Waals surface area (Å²) in [4.78, 5) is 27.1. The number of hydrogen-bond donors (Lipinski definition) is 0. The number of ether oxygens (including phenoxy) is 2. The lowest BCUT2D eigenvalue weighted by Gasteiger charge is -2.31. The van der Waals surface area contributed by atoms with Gasteiger partial charge < -0.3 is 14.4 Å². The van der Waals surface area contributed by atoms with E-state index < -0.39 is 21.9 Å². The second-order valence-corrected chi connectivity index (χ2v) is 10.2. The van der Waals surface area contributed by atoms with Crippen LogP contribution in [0, 0.1) is 5.92 Å². The summed E-state index contributed by atoms with van der Waals surface area (Å²) in [5, 5.41) is 0. The fourth-order valence-corrected chi connectivity index (χ4v) is 5.82. The number of anilines is 1. The van der Waals surface area contributed by atoms with E-state index in [1.165, 1.54) is 23.5 Å². The van der Waals surface area contributed by atoms with Crippen LogP contribution in [-0.2, 0) is 30.8 Å². The Bertz CT molecular complexity index is 1110. The van der Waals surface area contributed by atoms with Crippen LogP contribution in [0.15, 0.2) is 53.4 Å². The Kier molecular flexibility index (Phi) is 6.99. The van der Waals surface area contributed by atoms with E-state index in [9.17, 15) is 18.0 Å². The molecule has 2 aromatic carbocycles. The molecule has 8 nitrogen and oxygen atoms in total. The molecule has 0 radical (unpaired) electrons. The molecular weight excluding hydrogens is 444 g/mol. The van der Waals surface area contributed by atoms with E-state index >= 15 is 0 Å². The number of amides is 1. The summed E-state index contributed by atoms with van der Waals surface area (Å²) in [5.41, 5.74) is 2.00. The first-order valence-corrected chi connectivity index (χ1v) is 12.5. The summed E-state index contributed by atoms with van der Waals surface area (Å²) in [5.74, 6) is -0.531. The Morgan fingerprint density at radius 3 is 2.39 bits per heavy atom. The van der Waals surface area contributed by atoms with Gasteiger partial charge in [0.25, 0.3) is 5.91 Å². The molecule has 0 bridgehead atoms. The summed E-state index contributed by atoms with van der Waals surface area (Å²) in [6.45, 7) is 0.746. The molecule has 0 unspecified atom stereocenters. The third-order valence-corrected chi connectivity index (χ3v) is 8.15. The number of rotatable bonds is 6. The summed E-state index contributed by atoms with van der Waals surface area (Å²) in [7, 11) is -2.12. The highest BCUT2D eigenvalue weighted by molar-refractivity contribution is 7.89. The van der Waals surface area contributed by atoms with E-state index in [4.69, 9.17) is 9.47 Å². The average Bonchev–Trinajstić information content (AvgIpc) is 2.86. The van der Waals surface area contributed by atoms with Crippen LogP contribution in [0.5, 0.6) is 5.75 Å². The third kappa shape index (κ3) is 5.04. The summed E-state index contributed by atoms with van der Waals surface area (Å²) < 4.78 is 37.5. The summed E-state index contributed by atoms with van der Waals surface area (Å²) in [6, 6.07) is 14.0. The topological polar surface area (TPSA) is 93.2 Å². The average molecular weight is 473 g/mol. The molecule has 0 N–H and O–H groups in total. The summed E-state index contributed by atoms with van der Waals surface area (Å²) in [6.07, 6.45) is 2.51. The number of piperidine rings is 1.